The lowest BCUT2D eigenvalue weighted by Crippen LogP contribution is -1.97. The maximum Gasteiger partial charge on any atom is 0.384 e. The van der Waals surface area contributed by atoms with E-state index in [1.165, 1.54) is 26.2 Å². The fourth-order valence-electron chi connectivity index (χ4n) is 0.982. The Balaban J connectivity index is 3.01. The fourth-order valence-corrected chi connectivity index (χ4v) is 0.982. The topological polar surface area (TPSA) is 82.3 Å². The molecule has 0 fully saturated rings. The number of aromatic nitrogens is 1. The van der Waals surface area contributed by atoms with Crippen molar-refractivity contribution < 1.29 is 14.5 Å². The first kappa shape index (κ1) is 11.7. The second-order valence-electron chi connectivity index (χ2n) is 2.80. The van der Waals surface area contributed by atoms with Crippen LogP contribution in [0.25, 0.3) is 0 Å². The fraction of sp³-hybridized carbons (Fsp3) is 0.200. The van der Waals surface area contributed by atoms with Gasteiger partial charge in [0.15, 0.2) is 0 Å². The minimum Gasteiger partial charge on any atom is -0.459 e. The Bertz CT molecular complexity index is 499. The van der Waals surface area contributed by atoms with Gasteiger partial charge in [-0.25, -0.2) is 9.78 Å². The Morgan fingerprint density at radius 1 is 1.56 bits per heavy atom. The van der Waals surface area contributed by atoms with Gasteiger partial charge in [-0.1, -0.05) is 0 Å². The highest BCUT2D eigenvalue weighted by Gasteiger charge is 2.10. The molecule has 0 amide bonds. The molecule has 82 valence electrons. The number of hydrogen-bond donors (Lipinski definition) is 0. The number of esters is 1. The molecule has 0 aromatic carbocycles. The highest BCUT2D eigenvalue weighted by molar-refractivity contribution is 5.88. The molecule has 1 heterocycles. The number of nitrogens with zero attached hydrogens (tertiary/aromatic N) is 2. The van der Waals surface area contributed by atoms with Crippen molar-refractivity contribution in [3.8, 4) is 11.8 Å². The van der Waals surface area contributed by atoms with E-state index in [1.54, 1.807) is 0 Å². The van der Waals surface area contributed by atoms with E-state index in [4.69, 9.17) is 0 Å². The summed E-state index contributed by atoms with van der Waals surface area (Å²) in [6.07, 6.45) is 0. The van der Waals surface area contributed by atoms with Crippen LogP contribution in [0, 0.1) is 28.9 Å². The van der Waals surface area contributed by atoms with E-state index >= 15 is 0 Å². The largest absolute Gasteiger partial charge is 0.459 e. The maximum atomic E-state index is 10.7. The summed E-state index contributed by atoms with van der Waals surface area (Å²) < 4.78 is 4.32. The van der Waals surface area contributed by atoms with Gasteiger partial charge < -0.3 is 4.74 Å². The predicted octanol–water partition coefficient (Wildman–Crippen LogP) is 0.823. The second-order valence-corrected chi connectivity index (χ2v) is 2.80. The van der Waals surface area contributed by atoms with E-state index in [0.29, 0.717) is 0 Å². The highest BCUT2D eigenvalue weighted by atomic mass is 16.6. The van der Waals surface area contributed by atoms with Crippen LogP contribution in [0.5, 0.6) is 0 Å². The lowest BCUT2D eigenvalue weighted by atomic mass is 10.2. The highest BCUT2D eigenvalue weighted by Crippen LogP contribution is 2.14. The van der Waals surface area contributed by atoms with Crippen LogP contribution in [-0.2, 0) is 9.53 Å². The molecule has 0 atom stereocenters. The average molecular weight is 220 g/mol. The van der Waals surface area contributed by atoms with E-state index in [1.807, 2.05) is 0 Å². The normalized spacial score (nSPS) is 8.88. The molecule has 0 aliphatic carbocycles. The van der Waals surface area contributed by atoms with E-state index in [2.05, 4.69) is 21.6 Å². The molecular formula is C10H8N2O4. The van der Waals surface area contributed by atoms with Gasteiger partial charge in [0.1, 0.15) is 11.4 Å². The Labute approximate surface area is 91.4 Å². The van der Waals surface area contributed by atoms with Crippen molar-refractivity contribution >= 4 is 11.7 Å². The van der Waals surface area contributed by atoms with Crippen LogP contribution in [0.15, 0.2) is 12.1 Å². The minimum atomic E-state index is -0.683. The second kappa shape index (κ2) is 4.89. The molecule has 0 spiro atoms. The number of methoxy groups -OCH3 is 1. The van der Waals surface area contributed by atoms with Gasteiger partial charge in [-0.15, -0.1) is 0 Å². The molecular weight excluding hydrogens is 212 g/mol. The monoisotopic (exact) mass is 220 g/mol. The van der Waals surface area contributed by atoms with Crippen molar-refractivity contribution in [2.24, 2.45) is 0 Å². The molecule has 1 aromatic rings. The molecule has 16 heavy (non-hydrogen) atoms. The molecule has 1 rings (SSSR count). The zero-order valence-electron chi connectivity index (χ0n) is 8.68. The van der Waals surface area contributed by atoms with Crippen LogP contribution in [0.3, 0.4) is 0 Å². The summed E-state index contributed by atoms with van der Waals surface area (Å²) in [5, 5.41) is 10.5. The number of rotatable bonds is 1. The third-order valence-corrected chi connectivity index (χ3v) is 1.73. The third kappa shape index (κ3) is 2.78. The predicted molar refractivity (Wildman–Crippen MR) is 54.5 cm³/mol. The van der Waals surface area contributed by atoms with Crippen molar-refractivity contribution in [1.82, 2.24) is 4.98 Å². The number of ether oxygens (including phenoxy) is 1. The standard InChI is InChI=1S/C10H8N2O4/c1-7-9(12(14)15)5-3-8(11-7)4-6-10(13)16-2/h3,5H,1-2H3. The number of nitro groups is 1. The number of hydrogen-bond acceptors (Lipinski definition) is 5. The van der Waals surface area contributed by atoms with Crippen molar-refractivity contribution in [1.29, 1.82) is 0 Å². The van der Waals surface area contributed by atoms with Crippen LogP contribution >= 0.6 is 0 Å². The molecule has 0 saturated carbocycles. The van der Waals surface area contributed by atoms with Gasteiger partial charge in [-0.3, -0.25) is 10.1 Å². The Morgan fingerprint density at radius 3 is 2.75 bits per heavy atom. The number of carbonyl (C=O) groups excluding carboxylic acids is 1. The maximum absolute atomic E-state index is 10.7. The van der Waals surface area contributed by atoms with Crippen molar-refractivity contribution in [2.75, 3.05) is 7.11 Å². The van der Waals surface area contributed by atoms with Gasteiger partial charge >= 0.3 is 5.97 Å². The summed E-state index contributed by atoms with van der Waals surface area (Å²) >= 11 is 0. The SMILES string of the molecule is COC(=O)C#Cc1ccc([N+](=O)[O-])c(C)n1. The Hall–Kier alpha value is -2.42. The van der Waals surface area contributed by atoms with Gasteiger partial charge in [0.2, 0.25) is 0 Å². The summed E-state index contributed by atoms with van der Waals surface area (Å²) in [5.74, 6) is 3.94. The molecule has 0 N–H and O–H groups in total. The summed E-state index contributed by atoms with van der Waals surface area (Å²) in [6.45, 7) is 1.50. The van der Waals surface area contributed by atoms with Crippen molar-refractivity contribution in [3.05, 3.63) is 33.6 Å². The van der Waals surface area contributed by atoms with E-state index < -0.39 is 10.9 Å². The van der Waals surface area contributed by atoms with E-state index in [-0.39, 0.29) is 17.1 Å². The van der Waals surface area contributed by atoms with Crippen LogP contribution < -0.4 is 0 Å². The van der Waals surface area contributed by atoms with E-state index in [0.717, 1.165) is 0 Å². The number of pyridine rings is 1. The smallest absolute Gasteiger partial charge is 0.384 e. The minimum absolute atomic E-state index is 0.0800. The quantitative estimate of drug-likeness (QED) is 0.303. The van der Waals surface area contributed by atoms with E-state index in [9.17, 15) is 14.9 Å². The summed E-state index contributed by atoms with van der Waals surface area (Å²) in [5.41, 5.74) is 0.457. The zero-order valence-corrected chi connectivity index (χ0v) is 8.68. The first-order valence-electron chi connectivity index (χ1n) is 4.26. The summed E-state index contributed by atoms with van der Waals surface area (Å²) in [7, 11) is 1.21. The first-order valence-corrected chi connectivity index (χ1v) is 4.26. The van der Waals surface area contributed by atoms with Crippen LogP contribution in [0.2, 0.25) is 0 Å². The summed E-state index contributed by atoms with van der Waals surface area (Å²) in [4.78, 5) is 24.6. The molecule has 1 aromatic heterocycles. The Morgan fingerprint density at radius 2 is 2.25 bits per heavy atom. The Kier molecular flexibility index (Phi) is 3.56. The van der Waals surface area contributed by atoms with Gasteiger partial charge in [0.05, 0.1) is 12.0 Å². The molecule has 0 radical (unpaired) electrons. The van der Waals surface area contributed by atoms with Gasteiger partial charge in [-0.05, 0) is 18.9 Å². The molecule has 6 heteroatoms. The molecule has 0 bridgehead atoms. The number of carbonyl (C=O) groups is 1. The first-order chi connectivity index (χ1) is 7.54. The molecule has 6 nitrogen and oxygen atoms in total. The van der Waals surface area contributed by atoms with Crippen LogP contribution in [-0.4, -0.2) is 23.0 Å². The lowest BCUT2D eigenvalue weighted by molar-refractivity contribution is -0.385. The summed E-state index contributed by atoms with van der Waals surface area (Å²) in [6, 6.07) is 2.67. The average Bonchev–Trinajstić information content (AvgIpc) is 2.25. The molecule has 0 unspecified atom stereocenters. The van der Waals surface area contributed by atoms with Crippen LogP contribution in [0.4, 0.5) is 5.69 Å². The third-order valence-electron chi connectivity index (χ3n) is 1.73. The lowest BCUT2D eigenvalue weighted by Gasteiger charge is -1.95. The van der Waals surface area contributed by atoms with Gasteiger partial charge in [-0.2, -0.15) is 0 Å². The van der Waals surface area contributed by atoms with Gasteiger partial charge in [0.25, 0.3) is 5.69 Å². The number of aryl methyl sites for hydroxylation is 1. The van der Waals surface area contributed by atoms with Crippen molar-refractivity contribution in [3.63, 3.8) is 0 Å². The molecule has 0 aliphatic rings. The van der Waals surface area contributed by atoms with Crippen molar-refractivity contribution in [2.45, 2.75) is 6.92 Å². The molecule has 0 aliphatic heterocycles. The van der Waals surface area contributed by atoms with Crippen LogP contribution in [0.1, 0.15) is 11.4 Å². The zero-order chi connectivity index (χ0) is 12.1. The van der Waals surface area contributed by atoms with Gasteiger partial charge in [0, 0.05) is 12.0 Å². The molecule has 0 saturated heterocycles.